The van der Waals surface area contributed by atoms with Gasteiger partial charge in [0, 0.05) is 0 Å². The van der Waals surface area contributed by atoms with Gasteiger partial charge in [-0.3, -0.25) is 0 Å². The minimum Gasteiger partial charge on any atom is -0.305 e. The highest BCUT2D eigenvalue weighted by molar-refractivity contribution is 6.39. The van der Waals surface area contributed by atoms with Crippen LogP contribution in [0.1, 0.15) is 5.56 Å². The molecular weight excluding hydrogens is 232 g/mol. The van der Waals surface area contributed by atoms with E-state index in [4.69, 9.17) is 40.2 Å². The Morgan fingerprint density at radius 2 is 1.77 bits per heavy atom. The molecule has 3 nitrogen and oxygen atoms in total. The van der Waals surface area contributed by atoms with Gasteiger partial charge < -0.3 is 5.43 Å². The Kier molecular flexibility index (Phi) is 3.64. The van der Waals surface area contributed by atoms with Gasteiger partial charge >= 0.3 is 0 Å². The Balaban J connectivity index is 3.17. The Hall–Kier alpha value is -0.660. The van der Waals surface area contributed by atoms with Gasteiger partial charge in [0.2, 0.25) is 0 Å². The van der Waals surface area contributed by atoms with Gasteiger partial charge in [0.05, 0.1) is 27.4 Å². The van der Waals surface area contributed by atoms with E-state index in [-0.39, 0.29) is 0 Å². The molecular formula is C7H4Cl3N3. The summed E-state index contributed by atoms with van der Waals surface area (Å²) >= 11 is 16.8. The molecule has 0 amide bonds. The molecule has 0 saturated carbocycles. The molecule has 0 aromatic heterocycles. The van der Waals surface area contributed by atoms with Crippen molar-refractivity contribution in [2.75, 3.05) is 5.43 Å². The molecule has 2 N–H and O–H groups in total. The standard InChI is InChI=1S/C7H4Cl3N3/c8-5-1-4(3-11)2-6(9)7(5)12-13-10/h1-2,12-13H. The van der Waals surface area contributed by atoms with Crippen LogP contribution in [0.15, 0.2) is 12.1 Å². The molecule has 0 fully saturated rings. The molecule has 0 unspecified atom stereocenters. The van der Waals surface area contributed by atoms with Gasteiger partial charge in [-0.1, -0.05) is 23.2 Å². The Bertz CT molecular complexity index is 335. The molecule has 0 aliphatic carbocycles. The molecule has 0 atom stereocenters. The van der Waals surface area contributed by atoms with Crippen LogP contribution in [0, 0.1) is 11.3 Å². The average molecular weight is 236 g/mol. The molecule has 0 aliphatic heterocycles. The fourth-order valence-corrected chi connectivity index (χ4v) is 1.48. The van der Waals surface area contributed by atoms with Gasteiger partial charge in [0.15, 0.2) is 0 Å². The molecule has 0 heterocycles. The van der Waals surface area contributed by atoms with Crippen molar-refractivity contribution in [3.05, 3.63) is 27.7 Å². The highest BCUT2D eigenvalue weighted by Gasteiger charge is 2.06. The zero-order chi connectivity index (χ0) is 9.84. The van der Waals surface area contributed by atoms with E-state index in [0.29, 0.717) is 21.3 Å². The van der Waals surface area contributed by atoms with E-state index in [1.54, 1.807) is 0 Å². The lowest BCUT2D eigenvalue weighted by Gasteiger charge is -2.07. The van der Waals surface area contributed by atoms with Crippen molar-refractivity contribution in [3.8, 4) is 6.07 Å². The predicted molar refractivity (Wildman–Crippen MR) is 53.8 cm³/mol. The molecule has 1 aromatic rings. The van der Waals surface area contributed by atoms with E-state index in [1.807, 2.05) is 6.07 Å². The third-order valence-corrected chi connectivity index (χ3v) is 2.03. The summed E-state index contributed by atoms with van der Waals surface area (Å²) in [6, 6.07) is 4.91. The number of hydrazine groups is 1. The molecule has 68 valence electrons. The number of anilines is 1. The fourth-order valence-electron chi connectivity index (χ4n) is 0.804. The number of nitriles is 1. The third-order valence-electron chi connectivity index (χ3n) is 1.34. The number of hydrogen-bond donors (Lipinski definition) is 2. The number of rotatable bonds is 2. The normalized spacial score (nSPS) is 9.38. The molecule has 13 heavy (non-hydrogen) atoms. The van der Waals surface area contributed by atoms with E-state index in [1.165, 1.54) is 12.1 Å². The molecule has 6 heteroatoms. The minimum atomic E-state index is 0.331. The van der Waals surface area contributed by atoms with Crippen LogP contribution in [-0.2, 0) is 0 Å². The van der Waals surface area contributed by atoms with Gasteiger partial charge in [-0.15, -0.1) is 4.94 Å². The van der Waals surface area contributed by atoms with Gasteiger partial charge in [0.1, 0.15) is 0 Å². The molecule has 1 rings (SSSR count). The third kappa shape index (κ3) is 2.39. The van der Waals surface area contributed by atoms with Gasteiger partial charge in [-0.25, -0.2) is 0 Å². The van der Waals surface area contributed by atoms with Crippen molar-refractivity contribution < 1.29 is 0 Å². The van der Waals surface area contributed by atoms with E-state index in [9.17, 15) is 0 Å². The van der Waals surface area contributed by atoms with Gasteiger partial charge in [0.25, 0.3) is 0 Å². The number of hydrogen-bond acceptors (Lipinski definition) is 3. The summed E-state index contributed by atoms with van der Waals surface area (Å²) < 4.78 is 0. The predicted octanol–water partition coefficient (Wildman–Crippen LogP) is 2.94. The zero-order valence-corrected chi connectivity index (χ0v) is 8.50. The number of benzene rings is 1. The Morgan fingerprint density at radius 1 is 1.23 bits per heavy atom. The molecule has 0 aliphatic rings. The number of halogens is 3. The van der Waals surface area contributed by atoms with Gasteiger partial charge in [-0.2, -0.15) is 5.26 Å². The summed E-state index contributed by atoms with van der Waals surface area (Å²) in [7, 11) is 0. The summed E-state index contributed by atoms with van der Waals surface area (Å²) in [6.45, 7) is 0. The summed E-state index contributed by atoms with van der Waals surface area (Å²) in [5.74, 6) is 0. The quantitative estimate of drug-likeness (QED) is 0.613. The van der Waals surface area contributed by atoms with Crippen LogP contribution in [0.4, 0.5) is 5.69 Å². The minimum absolute atomic E-state index is 0.331. The van der Waals surface area contributed by atoms with Crippen LogP contribution in [0.5, 0.6) is 0 Å². The van der Waals surface area contributed by atoms with E-state index < -0.39 is 0 Å². The monoisotopic (exact) mass is 235 g/mol. The lowest BCUT2D eigenvalue weighted by atomic mass is 10.2. The second-order valence-corrected chi connectivity index (χ2v) is 3.15. The maximum Gasteiger partial charge on any atom is 0.0992 e. The van der Waals surface area contributed by atoms with Crippen molar-refractivity contribution in [3.63, 3.8) is 0 Å². The zero-order valence-electron chi connectivity index (χ0n) is 6.24. The van der Waals surface area contributed by atoms with Crippen LogP contribution >= 0.6 is 35.0 Å². The van der Waals surface area contributed by atoms with Crippen molar-refractivity contribution in [2.24, 2.45) is 0 Å². The fraction of sp³-hybridized carbons (Fsp3) is 0. The summed E-state index contributed by atoms with van der Waals surface area (Å²) in [5, 5.41) is 9.24. The second-order valence-electron chi connectivity index (χ2n) is 2.15. The van der Waals surface area contributed by atoms with Gasteiger partial charge in [-0.05, 0) is 23.9 Å². The van der Waals surface area contributed by atoms with Crippen LogP contribution in [0.2, 0.25) is 10.0 Å². The first kappa shape index (κ1) is 10.4. The lowest BCUT2D eigenvalue weighted by molar-refractivity contribution is 1.20. The summed E-state index contributed by atoms with van der Waals surface area (Å²) in [5.41, 5.74) is 3.38. The van der Waals surface area contributed by atoms with E-state index in [0.717, 1.165) is 0 Å². The SMILES string of the molecule is N#Cc1cc(Cl)c(NNCl)c(Cl)c1. The Morgan fingerprint density at radius 3 is 2.15 bits per heavy atom. The highest BCUT2D eigenvalue weighted by Crippen LogP contribution is 2.30. The van der Waals surface area contributed by atoms with Crippen molar-refractivity contribution in [1.82, 2.24) is 4.94 Å². The average Bonchev–Trinajstić information content (AvgIpc) is 2.11. The molecule has 0 saturated heterocycles. The van der Waals surface area contributed by atoms with Crippen LogP contribution in [0.3, 0.4) is 0 Å². The summed E-state index contributed by atoms with van der Waals surface area (Å²) in [6.07, 6.45) is 0. The first-order chi connectivity index (χ1) is 6.19. The van der Waals surface area contributed by atoms with Crippen molar-refractivity contribution in [2.45, 2.75) is 0 Å². The smallest absolute Gasteiger partial charge is 0.0992 e. The van der Waals surface area contributed by atoms with E-state index in [2.05, 4.69) is 10.4 Å². The molecule has 0 bridgehead atoms. The highest BCUT2D eigenvalue weighted by atomic mass is 35.5. The van der Waals surface area contributed by atoms with Crippen LogP contribution in [-0.4, -0.2) is 0 Å². The largest absolute Gasteiger partial charge is 0.305 e. The molecule has 0 radical (unpaired) electrons. The van der Waals surface area contributed by atoms with Crippen molar-refractivity contribution in [1.29, 1.82) is 5.26 Å². The van der Waals surface area contributed by atoms with Crippen LogP contribution in [0.25, 0.3) is 0 Å². The number of nitrogens with one attached hydrogen (secondary N) is 2. The maximum absolute atomic E-state index is 8.58. The Labute approximate surface area is 90.3 Å². The molecule has 1 aromatic carbocycles. The topological polar surface area (TPSA) is 47.9 Å². The van der Waals surface area contributed by atoms with Crippen LogP contribution < -0.4 is 10.4 Å². The maximum atomic E-state index is 8.58. The first-order valence-corrected chi connectivity index (χ1v) is 4.33. The lowest BCUT2D eigenvalue weighted by Crippen LogP contribution is -2.09. The van der Waals surface area contributed by atoms with Crippen molar-refractivity contribution >= 4 is 40.7 Å². The second kappa shape index (κ2) is 4.54. The summed E-state index contributed by atoms with van der Waals surface area (Å²) in [4.78, 5) is 2.17. The first-order valence-electron chi connectivity index (χ1n) is 3.20. The van der Waals surface area contributed by atoms with E-state index >= 15 is 0 Å². The number of nitrogens with zero attached hydrogens (tertiary/aromatic N) is 1. The molecule has 0 spiro atoms.